The second-order valence-electron chi connectivity index (χ2n) is 4.76. The number of rotatable bonds is 4. The van der Waals surface area contributed by atoms with Crippen LogP contribution in [0.2, 0.25) is 10.0 Å². The van der Waals surface area contributed by atoms with Crippen LogP contribution in [-0.4, -0.2) is 9.97 Å². The highest BCUT2D eigenvalue weighted by molar-refractivity contribution is 6.42. The first-order chi connectivity index (χ1) is 10.2. The summed E-state index contributed by atoms with van der Waals surface area (Å²) < 4.78 is 5.76. The Labute approximate surface area is 132 Å². The molecule has 108 valence electrons. The van der Waals surface area contributed by atoms with Gasteiger partial charge in [0.15, 0.2) is 0 Å². The van der Waals surface area contributed by atoms with Crippen LogP contribution in [0.15, 0.2) is 36.4 Å². The smallest absolute Gasteiger partial charge is 0.146 e. The molecule has 0 spiro atoms. The minimum absolute atomic E-state index is 0.372. The van der Waals surface area contributed by atoms with E-state index in [4.69, 9.17) is 27.9 Å². The molecular formula is C16H14Cl2N2O. The van der Waals surface area contributed by atoms with Crippen LogP contribution in [0.1, 0.15) is 18.3 Å². The highest BCUT2D eigenvalue weighted by atomic mass is 35.5. The molecule has 0 aliphatic carbocycles. The van der Waals surface area contributed by atoms with E-state index < -0.39 is 0 Å². The van der Waals surface area contributed by atoms with Crippen molar-refractivity contribution in [3.8, 4) is 5.75 Å². The molecule has 3 aromatic rings. The maximum Gasteiger partial charge on any atom is 0.146 e. The van der Waals surface area contributed by atoms with Crippen molar-refractivity contribution in [3.63, 3.8) is 0 Å². The van der Waals surface area contributed by atoms with Gasteiger partial charge in [-0.3, -0.25) is 0 Å². The van der Waals surface area contributed by atoms with E-state index in [-0.39, 0.29) is 0 Å². The number of aromatic amines is 1. The van der Waals surface area contributed by atoms with E-state index in [1.54, 1.807) is 12.1 Å². The first-order valence-electron chi connectivity index (χ1n) is 6.71. The van der Waals surface area contributed by atoms with Gasteiger partial charge in [-0.05, 0) is 36.2 Å². The fourth-order valence-electron chi connectivity index (χ4n) is 2.13. The van der Waals surface area contributed by atoms with Crippen molar-refractivity contribution in [2.24, 2.45) is 0 Å². The number of hydrogen-bond acceptors (Lipinski definition) is 2. The van der Waals surface area contributed by atoms with E-state index >= 15 is 0 Å². The average Bonchev–Trinajstić information content (AvgIpc) is 2.87. The summed E-state index contributed by atoms with van der Waals surface area (Å²) in [4.78, 5) is 7.63. The Bertz CT molecular complexity index is 744. The van der Waals surface area contributed by atoms with E-state index in [2.05, 4.69) is 23.0 Å². The van der Waals surface area contributed by atoms with Crippen LogP contribution in [0.4, 0.5) is 0 Å². The third-order valence-corrected chi connectivity index (χ3v) is 3.98. The maximum atomic E-state index is 5.99. The van der Waals surface area contributed by atoms with Crippen molar-refractivity contribution in [2.75, 3.05) is 0 Å². The number of nitrogens with zero attached hydrogens (tertiary/aromatic N) is 1. The van der Waals surface area contributed by atoms with Crippen molar-refractivity contribution < 1.29 is 4.74 Å². The molecule has 1 aromatic heterocycles. The van der Waals surface area contributed by atoms with Crippen molar-refractivity contribution >= 4 is 34.2 Å². The zero-order chi connectivity index (χ0) is 14.8. The van der Waals surface area contributed by atoms with Crippen LogP contribution < -0.4 is 4.74 Å². The highest BCUT2D eigenvalue weighted by Crippen LogP contribution is 2.26. The lowest BCUT2D eigenvalue weighted by atomic mass is 10.2. The van der Waals surface area contributed by atoms with Crippen molar-refractivity contribution in [1.29, 1.82) is 0 Å². The van der Waals surface area contributed by atoms with Gasteiger partial charge in [0.05, 0.1) is 21.1 Å². The Hall–Kier alpha value is -1.71. The molecule has 0 saturated carbocycles. The zero-order valence-electron chi connectivity index (χ0n) is 11.5. The average molecular weight is 321 g/mol. The van der Waals surface area contributed by atoms with E-state index in [0.717, 1.165) is 29.0 Å². The van der Waals surface area contributed by atoms with Crippen LogP contribution in [-0.2, 0) is 13.0 Å². The summed E-state index contributed by atoms with van der Waals surface area (Å²) in [5, 5.41) is 1.01. The highest BCUT2D eigenvalue weighted by Gasteiger charge is 2.07. The summed E-state index contributed by atoms with van der Waals surface area (Å²) in [6.45, 7) is 2.49. The van der Waals surface area contributed by atoms with Gasteiger partial charge in [0, 0.05) is 0 Å². The van der Waals surface area contributed by atoms with Gasteiger partial charge in [-0.25, -0.2) is 4.98 Å². The Morgan fingerprint density at radius 3 is 2.76 bits per heavy atom. The number of benzene rings is 2. The van der Waals surface area contributed by atoms with Gasteiger partial charge in [-0.15, -0.1) is 0 Å². The number of hydrogen-bond donors (Lipinski definition) is 1. The van der Waals surface area contributed by atoms with Crippen molar-refractivity contribution in [3.05, 3.63) is 57.8 Å². The lowest BCUT2D eigenvalue weighted by Crippen LogP contribution is -1.97. The number of imidazole rings is 1. The number of halogens is 2. The normalized spacial score (nSPS) is 11.0. The van der Waals surface area contributed by atoms with Gasteiger partial charge in [0.25, 0.3) is 0 Å². The van der Waals surface area contributed by atoms with Gasteiger partial charge in [-0.2, -0.15) is 0 Å². The second-order valence-corrected chi connectivity index (χ2v) is 5.57. The minimum Gasteiger partial charge on any atom is -0.486 e. The number of ether oxygens (including phenoxy) is 1. The molecule has 0 amide bonds. The molecule has 21 heavy (non-hydrogen) atoms. The molecule has 0 radical (unpaired) electrons. The van der Waals surface area contributed by atoms with E-state index in [9.17, 15) is 0 Å². The van der Waals surface area contributed by atoms with E-state index in [0.29, 0.717) is 16.7 Å². The van der Waals surface area contributed by atoms with Crippen LogP contribution in [0, 0.1) is 0 Å². The van der Waals surface area contributed by atoms with Crippen molar-refractivity contribution in [2.45, 2.75) is 20.0 Å². The molecule has 0 aliphatic rings. The lowest BCUT2D eigenvalue weighted by molar-refractivity contribution is 0.297. The Balaban J connectivity index is 1.78. The SMILES string of the molecule is CCc1cccc(OCc2nc3cc(Cl)c(Cl)cc3[nH]2)c1. The fourth-order valence-corrected chi connectivity index (χ4v) is 2.45. The van der Waals surface area contributed by atoms with Crippen LogP contribution >= 0.6 is 23.2 Å². The third-order valence-electron chi connectivity index (χ3n) is 3.26. The number of H-pyrrole nitrogens is 1. The summed E-state index contributed by atoms with van der Waals surface area (Å²) >= 11 is 12.0. The van der Waals surface area contributed by atoms with E-state index in [1.807, 2.05) is 18.2 Å². The molecule has 3 rings (SSSR count). The predicted octanol–water partition coefficient (Wildman–Crippen LogP) is 5.01. The molecule has 0 saturated heterocycles. The van der Waals surface area contributed by atoms with Crippen LogP contribution in [0.25, 0.3) is 11.0 Å². The number of aromatic nitrogens is 2. The molecule has 2 aromatic carbocycles. The standard InChI is InChI=1S/C16H14Cl2N2O/c1-2-10-4-3-5-11(6-10)21-9-16-19-14-7-12(17)13(18)8-15(14)20-16/h3-8H,2,9H2,1H3,(H,19,20). The molecule has 1 heterocycles. The van der Waals surface area contributed by atoms with Gasteiger partial charge in [0.2, 0.25) is 0 Å². The number of fused-ring (bicyclic) bond motifs is 1. The Kier molecular flexibility index (Phi) is 4.04. The third kappa shape index (κ3) is 3.14. The molecule has 5 heteroatoms. The summed E-state index contributed by atoms with van der Waals surface area (Å²) in [5.74, 6) is 1.58. The summed E-state index contributed by atoms with van der Waals surface area (Å²) in [5.41, 5.74) is 2.88. The van der Waals surface area contributed by atoms with Crippen LogP contribution in [0.5, 0.6) is 5.75 Å². The number of aryl methyl sites for hydroxylation is 1. The first kappa shape index (κ1) is 14.2. The summed E-state index contributed by atoms with van der Waals surface area (Å²) in [7, 11) is 0. The van der Waals surface area contributed by atoms with Crippen LogP contribution in [0.3, 0.4) is 0 Å². The molecule has 3 nitrogen and oxygen atoms in total. The lowest BCUT2D eigenvalue weighted by Gasteiger charge is -2.05. The van der Waals surface area contributed by atoms with Gasteiger partial charge >= 0.3 is 0 Å². The Morgan fingerprint density at radius 2 is 1.95 bits per heavy atom. The largest absolute Gasteiger partial charge is 0.486 e. The molecule has 1 N–H and O–H groups in total. The molecule has 0 unspecified atom stereocenters. The molecule has 0 fully saturated rings. The molecular weight excluding hydrogens is 307 g/mol. The second kappa shape index (κ2) is 5.96. The van der Waals surface area contributed by atoms with Crippen molar-refractivity contribution in [1.82, 2.24) is 9.97 Å². The van der Waals surface area contributed by atoms with Gasteiger partial charge < -0.3 is 9.72 Å². The van der Waals surface area contributed by atoms with Gasteiger partial charge in [-0.1, -0.05) is 42.3 Å². The quantitative estimate of drug-likeness (QED) is 0.733. The summed E-state index contributed by atoms with van der Waals surface area (Å²) in [6.07, 6.45) is 0.985. The zero-order valence-corrected chi connectivity index (χ0v) is 13.0. The minimum atomic E-state index is 0.372. The Morgan fingerprint density at radius 1 is 1.14 bits per heavy atom. The molecule has 0 aliphatic heterocycles. The van der Waals surface area contributed by atoms with Gasteiger partial charge in [0.1, 0.15) is 18.2 Å². The predicted molar refractivity (Wildman–Crippen MR) is 86.3 cm³/mol. The molecule has 0 bridgehead atoms. The maximum absolute atomic E-state index is 5.99. The monoisotopic (exact) mass is 320 g/mol. The molecule has 0 atom stereocenters. The topological polar surface area (TPSA) is 37.9 Å². The summed E-state index contributed by atoms with van der Waals surface area (Å²) in [6, 6.07) is 11.6. The fraction of sp³-hybridized carbons (Fsp3) is 0.188. The first-order valence-corrected chi connectivity index (χ1v) is 7.46. The number of nitrogens with one attached hydrogen (secondary N) is 1. The van der Waals surface area contributed by atoms with E-state index in [1.165, 1.54) is 5.56 Å².